The summed E-state index contributed by atoms with van der Waals surface area (Å²) in [6.07, 6.45) is 8.82. The normalized spacial score (nSPS) is 18.0. The van der Waals surface area contributed by atoms with Crippen LogP contribution in [-0.4, -0.2) is 44.0 Å². The standard InChI is InChI=1S/C13H24N2O3S/c1-3-10-14-13(16)11-15(19(2,17)18)12-8-6-4-5-7-9-12/h3,12H,1,4-11H2,2H3,(H,14,16). The Labute approximate surface area is 116 Å². The van der Waals surface area contributed by atoms with E-state index in [1.165, 1.54) is 10.6 Å². The van der Waals surface area contributed by atoms with Gasteiger partial charge in [-0.3, -0.25) is 4.79 Å². The van der Waals surface area contributed by atoms with Crippen LogP contribution in [-0.2, 0) is 14.8 Å². The molecule has 0 spiro atoms. The van der Waals surface area contributed by atoms with Crippen molar-refractivity contribution in [2.75, 3.05) is 19.3 Å². The van der Waals surface area contributed by atoms with E-state index in [9.17, 15) is 13.2 Å². The first-order chi connectivity index (χ1) is 8.95. The number of nitrogens with one attached hydrogen (secondary N) is 1. The fourth-order valence-corrected chi connectivity index (χ4v) is 3.55. The maximum Gasteiger partial charge on any atom is 0.235 e. The molecule has 0 radical (unpaired) electrons. The van der Waals surface area contributed by atoms with Crippen LogP contribution in [0.5, 0.6) is 0 Å². The predicted molar refractivity (Wildman–Crippen MR) is 76.2 cm³/mol. The molecule has 1 rings (SSSR count). The Morgan fingerprint density at radius 1 is 1.32 bits per heavy atom. The van der Waals surface area contributed by atoms with Crippen LogP contribution >= 0.6 is 0 Å². The molecule has 0 aliphatic heterocycles. The predicted octanol–water partition coefficient (Wildman–Crippen LogP) is 1.27. The smallest absolute Gasteiger partial charge is 0.235 e. The first kappa shape index (κ1) is 16.2. The van der Waals surface area contributed by atoms with E-state index in [1.54, 1.807) is 6.08 Å². The second-order valence-corrected chi connectivity index (χ2v) is 6.98. The summed E-state index contributed by atoms with van der Waals surface area (Å²) in [6, 6.07) is -0.0352. The third kappa shape index (κ3) is 5.74. The fourth-order valence-electron chi connectivity index (χ4n) is 2.45. The van der Waals surface area contributed by atoms with Crippen molar-refractivity contribution >= 4 is 15.9 Å². The third-order valence-corrected chi connectivity index (χ3v) is 4.68. The van der Waals surface area contributed by atoms with Crippen molar-refractivity contribution in [1.82, 2.24) is 9.62 Å². The molecule has 0 bridgehead atoms. The molecular weight excluding hydrogens is 264 g/mol. The van der Waals surface area contributed by atoms with E-state index in [0.717, 1.165) is 38.5 Å². The molecule has 19 heavy (non-hydrogen) atoms. The van der Waals surface area contributed by atoms with Gasteiger partial charge in [-0.25, -0.2) is 8.42 Å². The molecular formula is C13H24N2O3S. The van der Waals surface area contributed by atoms with E-state index in [4.69, 9.17) is 0 Å². The molecule has 1 aliphatic carbocycles. The zero-order valence-electron chi connectivity index (χ0n) is 11.6. The number of rotatable bonds is 6. The molecule has 1 N–H and O–H groups in total. The van der Waals surface area contributed by atoms with E-state index in [1.807, 2.05) is 0 Å². The van der Waals surface area contributed by atoms with Gasteiger partial charge in [-0.05, 0) is 12.8 Å². The quantitative estimate of drug-likeness (QED) is 0.591. The minimum absolute atomic E-state index is 0.0352. The van der Waals surface area contributed by atoms with Crippen molar-refractivity contribution in [3.05, 3.63) is 12.7 Å². The molecule has 0 heterocycles. The Bertz CT molecular complexity index is 398. The highest BCUT2D eigenvalue weighted by Gasteiger charge is 2.28. The summed E-state index contributed by atoms with van der Waals surface area (Å²) in [4.78, 5) is 11.7. The van der Waals surface area contributed by atoms with Crippen LogP contribution in [0, 0.1) is 0 Å². The van der Waals surface area contributed by atoms with E-state index >= 15 is 0 Å². The lowest BCUT2D eigenvalue weighted by molar-refractivity contribution is -0.121. The molecule has 0 aromatic heterocycles. The summed E-state index contributed by atoms with van der Waals surface area (Å²) >= 11 is 0. The van der Waals surface area contributed by atoms with Crippen LogP contribution in [0.3, 0.4) is 0 Å². The van der Waals surface area contributed by atoms with E-state index in [2.05, 4.69) is 11.9 Å². The Hall–Kier alpha value is -0.880. The Morgan fingerprint density at radius 2 is 1.89 bits per heavy atom. The van der Waals surface area contributed by atoms with Gasteiger partial charge < -0.3 is 5.32 Å². The largest absolute Gasteiger partial charge is 0.351 e. The average molecular weight is 288 g/mol. The average Bonchev–Trinajstić information content (AvgIpc) is 2.60. The summed E-state index contributed by atoms with van der Waals surface area (Å²) in [5, 5.41) is 2.63. The zero-order chi connectivity index (χ0) is 14.3. The Balaban J connectivity index is 2.71. The van der Waals surface area contributed by atoms with Crippen molar-refractivity contribution < 1.29 is 13.2 Å². The number of sulfonamides is 1. The van der Waals surface area contributed by atoms with Crippen molar-refractivity contribution in [3.63, 3.8) is 0 Å². The van der Waals surface area contributed by atoms with Gasteiger partial charge in [0.05, 0.1) is 12.8 Å². The van der Waals surface area contributed by atoms with Gasteiger partial charge >= 0.3 is 0 Å². The van der Waals surface area contributed by atoms with Gasteiger partial charge in [-0.1, -0.05) is 31.8 Å². The molecule has 6 heteroatoms. The van der Waals surface area contributed by atoms with Gasteiger partial charge in [0.15, 0.2) is 0 Å². The van der Waals surface area contributed by atoms with E-state index in [0.29, 0.717) is 6.54 Å². The van der Waals surface area contributed by atoms with Crippen molar-refractivity contribution in [2.24, 2.45) is 0 Å². The number of carbonyl (C=O) groups excluding carboxylic acids is 1. The van der Waals surface area contributed by atoms with Crippen LogP contribution in [0.25, 0.3) is 0 Å². The molecule has 1 aliphatic rings. The number of amides is 1. The van der Waals surface area contributed by atoms with E-state index < -0.39 is 10.0 Å². The van der Waals surface area contributed by atoms with E-state index in [-0.39, 0.29) is 18.5 Å². The van der Waals surface area contributed by atoms with Gasteiger partial charge in [0, 0.05) is 12.6 Å². The van der Waals surface area contributed by atoms with Crippen LogP contribution in [0.2, 0.25) is 0 Å². The maximum absolute atomic E-state index is 11.9. The topological polar surface area (TPSA) is 66.5 Å². The minimum Gasteiger partial charge on any atom is -0.351 e. The van der Waals surface area contributed by atoms with Crippen LogP contribution in [0.15, 0.2) is 12.7 Å². The summed E-state index contributed by atoms with van der Waals surface area (Å²) in [6.45, 7) is 3.79. The molecule has 5 nitrogen and oxygen atoms in total. The van der Waals surface area contributed by atoms with Gasteiger partial charge in [0.2, 0.25) is 15.9 Å². The third-order valence-electron chi connectivity index (χ3n) is 3.40. The van der Waals surface area contributed by atoms with Gasteiger partial charge in [0.1, 0.15) is 0 Å². The number of nitrogens with zero attached hydrogens (tertiary/aromatic N) is 1. The molecule has 110 valence electrons. The summed E-state index contributed by atoms with van der Waals surface area (Å²) in [7, 11) is -3.35. The summed E-state index contributed by atoms with van der Waals surface area (Å²) < 4.78 is 25.1. The second kappa shape index (κ2) is 7.65. The highest BCUT2D eigenvalue weighted by Crippen LogP contribution is 2.23. The second-order valence-electron chi connectivity index (χ2n) is 5.05. The first-order valence-electron chi connectivity index (χ1n) is 6.79. The van der Waals surface area contributed by atoms with Gasteiger partial charge in [0.25, 0.3) is 0 Å². The van der Waals surface area contributed by atoms with Gasteiger partial charge in [-0.15, -0.1) is 6.58 Å². The van der Waals surface area contributed by atoms with Crippen molar-refractivity contribution in [2.45, 2.75) is 44.6 Å². The number of hydrogen-bond donors (Lipinski definition) is 1. The fraction of sp³-hybridized carbons (Fsp3) is 0.769. The molecule has 1 saturated carbocycles. The summed E-state index contributed by atoms with van der Waals surface area (Å²) in [5.74, 6) is -0.269. The lowest BCUT2D eigenvalue weighted by Gasteiger charge is -2.28. The monoisotopic (exact) mass is 288 g/mol. The van der Waals surface area contributed by atoms with Crippen LogP contribution in [0.1, 0.15) is 38.5 Å². The lowest BCUT2D eigenvalue weighted by atomic mass is 10.1. The van der Waals surface area contributed by atoms with Gasteiger partial charge in [-0.2, -0.15) is 4.31 Å². The van der Waals surface area contributed by atoms with Crippen LogP contribution in [0.4, 0.5) is 0 Å². The summed E-state index contributed by atoms with van der Waals surface area (Å²) in [5.41, 5.74) is 0. The Kier molecular flexibility index (Phi) is 6.51. The molecule has 0 saturated heterocycles. The molecule has 0 aromatic rings. The van der Waals surface area contributed by atoms with Crippen LogP contribution < -0.4 is 5.32 Å². The van der Waals surface area contributed by atoms with Crippen molar-refractivity contribution in [1.29, 1.82) is 0 Å². The highest BCUT2D eigenvalue weighted by molar-refractivity contribution is 7.88. The number of hydrogen-bond acceptors (Lipinski definition) is 3. The first-order valence-corrected chi connectivity index (χ1v) is 8.64. The Morgan fingerprint density at radius 3 is 2.37 bits per heavy atom. The molecule has 0 aromatic carbocycles. The SMILES string of the molecule is C=CCNC(=O)CN(C1CCCCCC1)S(C)(=O)=O. The zero-order valence-corrected chi connectivity index (χ0v) is 12.4. The molecule has 0 unspecified atom stereocenters. The molecule has 1 fully saturated rings. The number of carbonyl (C=O) groups is 1. The highest BCUT2D eigenvalue weighted by atomic mass is 32.2. The lowest BCUT2D eigenvalue weighted by Crippen LogP contribution is -2.45. The van der Waals surface area contributed by atoms with Crippen molar-refractivity contribution in [3.8, 4) is 0 Å². The molecule has 0 atom stereocenters. The maximum atomic E-state index is 11.9. The molecule has 1 amide bonds. The minimum atomic E-state index is -3.35.